The molecule has 1 rings (SSSR count). The standard InChI is InChI=1S/C23H42N4O6/c1-15(2)12-26(17(5)6)22(30)14-32-24-20(28)9-8-10-21(29)25-33-19-11-18(7)27(23(19)31)13-16(3)4/h15-19H,8-14H2,1-7H3,(H,24,28)(H,25,29). The molecule has 1 aliphatic heterocycles. The van der Waals surface area contributed by atoms with Crippen LogP contribution in [0.25, 0.3) is 0 Å². The van der Waals surface area contributed by atoms with E-state index < -0.39 is 17.9 Å². The number of nitrogens with one attached hydrogen (secondary N) is 2. The molecule has 0 aliphatic carbocycles. The molecule has 0 aromatic rings. The Hall–Kier alpha value is -2.20. The van der Waals surface area contributed by atoms with Crippen LogP contribution in [0.4, 0.5) is 0 Å². The third kappa shape index (κ3) is 10.5. The summed E-state index contributed by atoms with van der Waals surface area (Å²) < 4.78 is 0. The van der Waals surface area contributed by atoms with Gasteiger partial charge in [0.25, 0.3) is 11.8 Å². The topological polar surface area (TPSA) is 117 Å². The zero-order valence-corrected chi connectivity index (χ0v) is 21.2. The lowest BCUT2D eigenvalue weighted by molar-refractivity contribution is -0.149. The Morgan fingerprint density at radius 3 is 2.18 bits per heavy atom. The quantitative estimate of drug-likeness (QED) is 0.374. The summed E-state index contributed by atoms with van der Waals surface area (Å²) in [4.78, 5) is 62.4. The Bertz CT molecular complexity index is 667. The van der Waals surface area contributed by atoms with Crippen molar-refractivity contribution in [3.8, 4) is 0 Å². The fraction of sp³-hybridized carbons (Fsp3) is 0.826. The molecule has 0 spiro atoms. The van der Waals surface area contributed by atoms with Gasteiger partial charge in [0.05, 0.1) is 0 Å². The predicted octanol–water partition coefficient (Wildman–Crippen LogP) is 1.79. The average Bonchev–Trinajstić information content (AvgIpc) is 2.97. The van der Waals surface area contributed by atoms with Crippen molar-refractivity contribution in [3.63, 3.8) is 0 Å². The molecule has 0 radical (unpaired) electrons. The summed E-state index contributed by atoms with van der Waals surface area (Å²) in [6.45, 7) is 15.0. The first-order chi connectivity index (χ1) is 15.4. The number of likely N-dealkylation sites (tertiary alicyclic amines) is 1. The van der Waals surface area contributed by atoms with Gasteiger partial charge in [-0.25, -0.2) is 11.0 Å². The van der Waals surface area contributed by atoms with Crippen LogP contribution in [0.1, 0.15) is 74.1 Å². The van der Waals surface area contributed by atoms with Crippen LogP contribution in [-0.2, 0) is 28.9 Å². The fourth-order valence-electron chi connectivity index (χ4n) is 3.61. The van der Waals surface area contributed by atoms with E-state index in [2.05, 4.69) is 11.0 Å². The van der Waals surface area contributed by atoms with Crippen molar-refractivity contribution in [2.24, 2.45) is 11.8 Å². The van der Waals surface area contributed by atoms with Crippen LogP contribution in [0.2, 0.25) is 0 Å². The molecule has 1 aliphatic rings. The second kappa shape index (κ2) is 14.1. The number of hydrogen-bond donors (Lipinski definition) is 2. The molecule has 1 heterocycles. The van der Waals surface area contributed by atoms with Gasteiger partial charge in [0.15, 0.2) is 12.7 Å². The number of nitrogens with zero attached hydrogens (tertiary/aromatic N) is 2. The molecule has 0 saturated carbocycles. The summed E-state index contributed by atoms with van der Waals surface area (Å²) in [6.07, 6.45) is 0.239. The number of hydrogen-bond acceptors (Lipinski definition) is 6. The van der Waals surface area contributed by atoms with Gasteiger partial charge in [-0.05, 0) is 39.0 Å². The van der Waals surface area contributed by atoms with Crippen LogP contribution in [0.3, 0.4) is 0 Å². The predicted molar refractivity (Wildman–Crippen MR) is 123 cm³/mol. The number of amides is 4. The first-order valence-electron chi connectivity index (χ1n) is 11.9. The zero-order chi connectivity index (χ0) is 25.1. The zero-order valence-electron chi connectivity index (χ0n) is 21.2. The van der Waals surface area contributed by atoms with Crippen LogP contribution in [-0.4, -0.2) is 71.3 Å². The Kier molecular flexibility index (Phi) is 12.4. The Balaban J connectivity index is 2.24. The molecular formula is C23H42N4O6. The Morgan fingerprint density at radius 2 is 1.64 bits per heavy atom. The van der Waals surface area contributed by atoms with Crippen LogP contribution < -0.4 is 11.0 Å². The second-order valence-electron chi connectivity index (χ2n) is 9.80. The third-order valence-corrected chi connectivity index (χ3v) is 5.22. The summed E-state index contributed by atoms with van der Waals surface area (Å²) in [5.74, 6) is -0.448. The van der Waals surface area contributed by atoms with Crippen molar-refractivity contribution in [1.29, 1.82) is 0 Å². The first-order valence-corrected chi connectivity index (χ1v) is 11.9. The van der Waals surface area contributed by atoms with E-state index in [1.165, 1.54) is 0 Å². The minimum Gasteiger partial charge on any atom is -0.338 e. The number of hydroxylamine groups is 2. The molecule has 0 bridgehead atoms. The normalized spacial score (nSPS) is 18.4. The van der Waals surface area contributed by atoms with Crippen LogP contribution in [0.15, 0.2) is 0 Å². The highest BCUT2D eigenvalue weighted by atomic mass is 16.7. The highest BCUT2D eigenvalue weighted by Gasteiger charge is 2.38. The minimum absolute atomic E-state index is 0.0425. The number of carbonyl (C=O) groups is 4. The van der Waals surface area contributed by atoms with Crippen molar-refractivity contribution in [3.05, 3.63) is 0 Å². The first kappa shape index (κ1) is 28.8. The Labute approximate surface area is 197 Å². The summed E-state index contributed by atoms with van der Waals surface area (Å²) in [5.41, 5.74) is 4.56. The lowest BCUT2D eigenvalue weighted by Crippen LogP contribution is -2.42. The van der Waals surface area contributed by atoms with Crippen molar-refractivity contribution in [2.45, 2.75) is 92.3 Å². The molecule has 1 saturated heterocycles. The van der Waals surface area contributed by atoms with Gasteiger partial charge < -0.3 is 9.80 Å². The van der Waals surface area contributed by atoms with Gasteiger partial charge in [0, 0.05) is 44.4 Å². The smallest absolute Gasteiger partial charge is 0.254 e. The van der Waals surface area contributed by atoms with E-state index in [9.17, 15) is 19.2 Å². The molecule has 10 nitrogen and oxygen atoms in total. The molecule has 0 aromatic carbocycles. The maximum absolute atomic E-state index is 12.4. The van der Waals surface area contributed by atoms with Crippen LogP contribution >= 0.6 is 0 Å². The van der Waals surface area contributed by atoms with Gasteiger partial charge in [-0.3, -0.25) is 28.9 Å². The van der Waals surface area contributed by atoms with E-state index in [-0.39, 0.29) is 49.8 Å². The van der Waals surface area contributed by atoms with Gasteiger partial charge in [-0.15, -0.1) is 0 Å². The third-order valence-electron chi connectivity index (χ3n) is 5.22. The van der Waals surface area contributed by atoms with E-state index in [4.69, 9.17) is 9.68 Å². The summed E-state index contributed by atoms with van der Waals surface area (Å²) in [7, 11) is 0. The van der Waals surface area contributed by atoms with E-state index in [1.807, 2.05) is 48.5 Å². The SMILES string of the molecule is CC(C)CN(C(=O)CONC(=O)CCCC(=O)NOC1CC(C)N(CC(C)C)C1=O)C(C)C. The largest absolute Gasteiger partial charge is 0.338 e. The average molecular weight is 471 g/mol. The molecule has 2 unspecified atom stereocenters. The minimum atomic E-state index is -0.682. The van der Waals surface area contributed by atoms with Crippen LogP contribution in [0.5, 0.6) is 0 Å². The van der Waals surface area contributed by atoms with E-state index in [0.29, 0.717) is 31.3 Å². The monoisotopic (exact) mass is 470 g/mol. The van der Waals surface area contributed by atoms with Crippen molar-refractivity contribution < 1.29 is 28.9 Å². The van der Waals surface area contributed by atoms with Gasteiger partial charge >= 0.3 is 0 Å². The van der Waals surface area contributed by atoms with E-state index >= 15 is 0 Å². The summed E-state index contributed by atoms with van der Waals surface area (Å²) >= 11 is 0. The molecule has 1 fully saturated rings. The van der Waals surface area contributed by atoms with Gasteiger partial charge in [0.2, 0.25) is 11.8 Å². The lowest BCUT2D eigenvalue weighted by Gasteiger charge is -2.28. The number of rotatable bonds is 14. The highest BCUT2D eigenvalue weighted by Crippen LogP contribution is 2.22. The molecule has 10 heteroatoms. The Morgan fingerprint density at radius 1 is 1.03 bits per heavy atom. The van der Waals surface area contributed by atoms with Crippen LogP contribution in [0, 0.1) is 11.8 Å². The summed E-state index contributed by atoms with van der Waals surface area (Å²) in [6, 6.07) is 0.108. The van der Waals surface area contributed by atoms with E-state index in [0.717, 1.165) is 0 Å². The highest BCUT2D eigenvalue weighted by molar-refractivity contribution is 5.84. The van der Waals surface area contributed by atoms with E-state index in [1.54, 1.807) is 9.80 Å². The lowest BCUT2D eigenvalue weighted by atomic mass is 10.2. The van der Waals surface area contributed by atoms with Crippen molar-refractivity contribution >= 4 is 23.6 Å². The summed E-state index contributed by atoms with van der Waals surface area (Å²) in [5, 5.41) is 0. The molecular weight excluding hydrogens is 428 g/mol. The fourth-order valence-corrected chi connectivity index (χ4v) is 3.61. The molecule has 33 heavy (non-hydrogen) atoms. The maximum atomic E-state index is 12.4. The van der Waals surface area contributed by atoms with Gasteiger partial charge in [-0.2, -0.15) is 0 Å². The van der Waals surface area contributed by atoms with Gasteiger partial charge in [-0.1, -0.05) is 27.7 Å². The molecule has 2 atom stereocenters. The van der Waals surface area contributed by atoms with Crippen molar-refractivity contribution in [1.82, 2.24) is 20.8 Å². The van der Waals surface area contributed by atoms with Crippen molar-refractivity contribution in [2.75, 3.05) is 19.7 Å². The molecule has 4 amide bonds. The maximum Gasteiger partial charge on any atom is 0.254 e. The molecule has 2 N–H and O–H groups in total. The number of carbonyl (C=O) groups excluding carboxylic acids is 4. The molecule has 0 aromatic heterocycles. The molecule has 190 valence electrons. The second-order valence-corrected chi connectivity index (χ2v) is 9.80. The van der Waals surface area contributed by atoms with Gasteiger partial charge in [0.1, 0.15) is 0 Å².